The van der Waals surface area contributed by atoms with Gasteiger partial charge in [-0.2, -0.15) is 4.31 Å². The molecule has 2 aliphatic heterocycles. The Kier molecular flexibility index (Phi) is 5.42. The largest absolute Gasteiger partial charge is 0.383 e. The van der Waals surface area contributed by atoms with Gasteiger partial charge in [0.05, 0.1) is 12.9 Å². The molecule has 1 spiro atoms. The number of benzene rings is 1. The minimum absolute atomic E-state index is 0.0468. The van der Waals surface area contributed by atoms with Gasteiger partial charge in [-0.3, -0.25) is 4.79 Å². The predicted molar refractivity (Wildman–Crippen MR) is 101 cm³/mol. The summed E-state index contributed by atoms with van der Waals surface area (Å²) in [5, 5.41) is 0. The van der Waals surface area contributed by atoms with Crippen molar-refractivity contribution in [3.63, 3.8) is 0 Å². The van der Waals surface area contributed by atoms with Gasteiger partial charge in [0.2, 0.25) is 10.0 Å². The van der Waals surface area contributed by atoms with Crippen molar-refractivity contribution in [1.82, 2.24) is 9.21 Å². The highest BCUT2D eigenvalue weighted by atomic mass is 32.2. The number of methoxy groups -OCH3 is 1. The predicted octanol–water partition coefficient (Wildman–Crippen LogP) is 1.90. The van der Waals surface area contributed by atoms with Crippen LogP contribution >= 0.6 is 0 Å². The Hall–Kier alpha value is -1.44. The van der Waals surface area contributed by atoms with E-state index in [-0.39, 0.29) is 17.4 Å². The molecule has 1 aromatic rings. The number of sulfonamides is 1. The molecule has 0 saturated carbocycles. The standard InChI is InChI=1S/C19H28N2O4S/c1-15-6-4-5-7-17(15)18(22)20-10-8-19(9-11-20)12-16(13-25-2)21(14-19)26(3,23)24/h4-7,16H,8-14H2,1-3H3/t16-/m0/s1. The van der Waals surface area contributed by atoms with Crippen LogP contribution in [0.3, 0.4) is 0 Å². The van der Waals surface area contributed by atoms with Gasteiger partial charge in [0, 0.05) is 38.3 Å². The Balaban J connectivity index is 1.70. The zero-order chi connectivity index (χ0) is 18.9. The van der Waals surface area contributed by atoms with E-state index < -0.39 is 10.0 Å². The van der Waals surface area contributed by atoms with Gasteiger partial charge in [0.15, 0.2) is 0 Å². The molecule has 2 heterocycles. The summed E-state index contributed by atoms with van der Waals surface area (Å²) in [5.74, 6) is 0.0735. The minimum atomic E-state index is -3.25. The van der Waals surface area contributed by atoms with Crippen LogP contribution in [-0.2, 0) is 14.8 Å². The van der Waals surface area contributed by atoms with Crippen molar-refractivity contribution in [2.75, 3.05) is 39.6 Å². The summed E-state index contributed by atoms with van der Waals surface area (Å²) < 4.78 is 31.1. The number of rotatable bonds is 4. The van der Waals surface area contributed by atoms with Crippen LogP contribution in [-0.4, -0.2) is 69.2 Å². The lowest BCUT2D eigenvalue weighted by Gasteiger charge is -2.39. The molecule has 2 fully saturated rings. The van der Waals surface area contributed by atoms with Crippen LogP contribution in [0.1, 0.15) is 35.2 Å². The third kappa shape index (κ3) is 3.80. The molecule has 2 aliphatic rings. The fourth-order valence-electron chi connectivity index (χ4n) is 4.38. The van der Waals surface area contributed by atoms with E-state index in [0.717, 1.165) is 30.4 Å². The van der Waals surface area contributed by atoms with E-state index in [2.05, 4.69) is 0 Å². The third-order valence-electron chi connectivity index (χ3n) is 5.84. The first kappa shape index (κ1) is 19.3. The number of nitrogens with zero attached hydrogens (tertiary/aromatic N) is 2. The van der Waals surface area contributed by atoms with Crippen molar-refractivity contribution in [2.24, 2.45) is 5.41 Å². The normalized spacial score (nSPS) is 23.5. The quantitative estimate of drug-likeness (QED) is 0.800. The molecule has 1 amide bonds. The Morgan fingerprint density at radius 3 is 2.50 bits per heavy atom. The van der Waals surface area contributed by atoms with Crippen molar-refractivity contribution in [1.29, 1.82) is 0 Å². The molecule has 0 N–H and O–H groups in total. The van der Waals surface area contributed by atoms with Crippen LogP contribution in [0.25, 0.3) is 0 Å². The molecule has 0 aliphatic carbocycles. The maximum atomic E-state index is 12.8. The van der Waals surface area contributed by atoms with Crippen LogP contribution in [0.15, 0.2) is 24.3 Å². The van der Waals surface area contributed by atoms with E-state index in [0.29, 0.717) is 26.2 Å². The summed E-state index contributed by atoms with van der Waals surface area (Å²) in [6.45, 7) is 4.25. The smallest absolute Gasteiger partial charge is 0.254 e. The summed E-state index contributed by atoms with van der Waals surface area (Å²) in [4.78, 5) is 14.7. The molecule has 0 unspecified atom stereocenters. The molecule has 1 aromatic carbocycles. The number of carbonyl (C=O) groups excluding carboxylic acids is 1. The number of hydrogen-bond donors (Lipinski definition) is 0. The molecule has 2 saturated heterocycles. The first-order valence-electron chi connectivity index (χ1n) is 9.06. The highest BCUT2D eigenvalue weighted by Gasteiger charge is 2.48. The van der Waals surface area contributed by atoms with E-state index in [9.17, 15) is 13.2 Å². The maximum absolute atomic E-state index is 12.8. The molecule has 26 heavy (non-hydrogen) atoms. The molecular weight excluding hydrogens is 352 g/mol. The van der Waals surface area contributed by atoms with Gasteiger partial charge >= 0.3 is 0 Å². The van der Waals surface area contributed by atoms with Crippen LogP contribution in [0.4, 0.5) is 0 Å². The highest BCUT2D eigenvalue weighted by Crippen LogP contribution is 2.44. The number of likely N-dealkylation sites (tertiary alicyclic amines) is 1. The molecular formula is C19H28N2O4S. The highest BCUT2D eigenvalue weighted by molar-refractivity contribution is 7.88. The van der Waals surface area contributed by atoms with Gasteiger partial charge in [-0.1, -0.05) is 18.2 Å². The first-order valence-corrected chi connectivity index (χ1v) is 10.9. The number of carbonyl (C=O) groups is 1. The lowest BCUT2D eigenvalue weighted by molar-refractivity contribution is 0.0594. The first-order chi connectivity index (χ1) is 12.3. The summed E-state index contributed by atoms with van der Waals surface area (Å²) in [6, 6.07) is 7.55. The van der Waals surface area contributed by atoms with Crippen molar-refractivity contribution in [2.45, 2.75) is 32.2 Å². The fraction of sp³-hybridized carbons (Fsp3) is 0.632. The van der Waals surface area contributed by atoms with Crippen molar-refractivity contribution >= 4 is 15.9 Å². The van der Waals surface area contributed by atoms with Gasteiger partial charge in [0.25, 0.3) is 5.91 Å². The second-order valence-corrected chi connectivity index (χ2v) is 9.66. The lowest BCUT2D eigenvalue weighted by atomic mass is 9.76. The molecule has 7 heteroatoms. The molecule has 0 radical (unpaired) electrons. The number of amides is 1. The second kappa shape index (κ2) is 7.29. The van der Waals surface area contributed by atoms with E-state index in [1.807, 2.05) is 36.1 Å². The molecule has 6 nitrogen and oxygen atoms in total. The summed E-state index contributed by atoms with van der Waals surface area (Å²) >= 11 is 0. The SMILES string of the molecule is COC[C@@H]1CC2(CCN(C(=O)c3ccccc3C)CC2)CN1S(C)(=O)=O. The van der Waals surface area contributed by atoms with Crippen molar-refractivity contribution in [3.05, 3.63) is 35.4 Å². The molecule has 0 bridgehead atoms. The maximum Gasteiger partial charge on any atom is 0.254 e. The molecule has 1 atom stereocenters. The fourth-order valence-corrected chi connectivity index (χ4v) is 5.56. The van der Waals surface area contributed by atoms with Crippen molar-refractivity contribution in [3.8, 4) is 0 Å². The molecule has 144 valence electrons. The monoisotopic (exact) mass is 380 g/mol. The Labute approximate surface area is 156 Å². The second-order valence-electron chi connectivity index (χ2n) is 7.73. The lowest BCUT2D eigenvalue weighted by Crippen LogP contribution is -2.44. The van der Waals surface area contributed by atoms with Crippen molar-refractivity contribution < 1.29 is 17.9 Å². The van der Waals surface area contributed by atoms with Crippen LogP contribution < -0.4 is 0 Å². The molecule has 3 rings (SSSR count). The summed E-state index contributed by atoms with van der Waals surface area (Å²) in [6.07, 6.45) is 3.74. The topological polar surface area (TPSA) is 66.9 Å². The van der Waals surface area contributed by atoms with E-state index in [1.54, 1.807) is 11.4 Å². The Morgan fingerprint density at radius 1 is 1.27 bits per heavy atom. The van der Waals surface area contributed by atoms with Gasteiger partial charge in [0.1, 0.15) is 0 Å². The summed E-state index contributed by atoms with van der Waals surface area (Å²) in [5.41, 5.74) is 1.70. The van der Waals surface area contributed by atoms with Gasteiger partial charge in [-0.15, -0.1) is 0 Å². The average Bonchev–Trinajstić information content (AvgIpc) is 2.94. The number of aryl methyl sites for hydroxylation is 1. The Bertz CT molecular complexity index is 769. The zero-order valence-electron chi connectivity index (χ0n) is 15.8. The van der Waals surface area contributed by atoms with Crippen LogP contribution in [0.5, 0.6) is 0 Å². The molecule has 0 aromatic heterocycles. The zero-order valence-corrected chi connectivity index (χ0v) is 16.6. The van der Waals surface area contributed by atoms with Crippen LogP contribution in [0, 0.1) is 12.3 Å². The number of piperidine rings is 1. The van der Waals surface area contributed by atoms with Gasteiger partial charge < -0.3 is 9.64 Å². The Morgan fingerprint density at radius 2 is 1.92 bits per heavy atom. The van der Waals surface area contributed by atoms with Gasteiger partial charge in [-0.05, 0) is 43.2 Å². The number of hydrogen-bond acceptors (Lipinski definition) is 4. The minimum Gasteiger partial charge on any atom is -0.383 e. The van der Waals surface area contributed by atoms with E-state index >= 15 is 0 Å². The van der Waals surface area contributed by atoms with Gasteiger partial charge in [-0.25, -0.2) is 8.42 Å². The summed E-state index contributed by atoms with van der Waals surface area (Å²) in [7, 11) is -1.65. The van der Waals surface area contributed by atoms with E-state index in [1.165, 1.54) is 6.26 Å². The number of ether oxygens (including phenoxy) is 1. The van der Waals surface area contributed by atoms with E-state index in [4.69, 9.17) is 4.74 Å². The average molecular weight is 381 g/mol. The third-order valence-corrected chi connectivity index (χ3v) is 7.12. The van der Waals surface area contributed by atoms with Crippen LogP contribution in [0.2, 0.25) is 0 Å².